The molecule has 168 valence electrons. The predicted molar refractivity (Wildman–Crippen MR) is 123 cm³/mol. The molecule has 0 spiro atoms. The van der Waals surface area contributed by atoms with Gasteiger partial charge in [-0.1, -0.05) is 18.7 Å². The number of fused-ring (bicyclic) bond motifs is 1. The van der Waals surface area contributed by atoms with Crippen LogP contribution >= 0.6 is 0 Å². The van der Waals surface area contributed by atoms with Crippen LogP contribution in [0.5, 0.6) is 5.88 Å². The van der Waals surface area contributed by atoms with Crippen LogP contribution in [0.3, 0.4) is 0 Å². The Bertz CT molecular complexity index is 1030. The number of aromatic nitrogens is 1. The van der Waals surface area contributed by atoms with Crippen LogP contribution in [0.4, 0.5) is 5.69 Å². The first-order valence-electron chi connectivity index (χ1n) is 9.91. The van der Waals surface area contributed by atoms with E-state index in [9.17, 15) is 4.79 Å². The summed E-state index contributed by atoms with van der Waals surface area (Å²) in [6.07, 6.45) is 12.4. The lowest BCUT2D eigenvalue weighted by Crippen LogP contribution is -2.45. The molecule has 1 aromatic rings. The molecule has 0 saturated heterocycles. The average molecular weight is 438 g/mol. The van der Waals surface area contributed by atoms with Crippen LogP contribution in [0.25, 0.3) is 0 Å². The molecule has 3 rings (SSSR count). The number of hydrogen-bond donors (Lipinski definition) is 5. The monoisotopic (exact) mass is 438 g/mol. The van der Waals surface area contributed by atoms with Crippen LogP contribution < -0.4 is 26.6 Å². The van der Waals surface area contributed by atoms with E-state index in [1.54, 1.807) is 12.3 Å². The number of nitrogens with one attached hydrogen (secondary N) is 3. The van der Waals surface area contributed by atoms with E-state index in [0.717, 1.165) is 34.6 Å². The molecular formula is C21H26N8O3. The topological polar surface area (TPSA) is 149 Å². The van der Waals surface area contributed by atoms with Gasteiger partial charge in [0.15, 0.2) is 0 Å². The third-order valence-electron chi connectivity index (χ3n) is 4.61. The van der Waals surface area contributed by atoms with Crippen LogP contribution in [0, 0.1) is 6.92 Å². The predicted octanol–water partition coefficient (Wildman–Crippen LogP) is 0.999. The van der Waals surface area contributed by atoms with Gasteiger partial charge in [0, 0.05) is 30.7 Å². The molecule has 0 unspecified atom stereocenters. The molecule has 0 atom stereocenters. The second-order valence-electron chi connectivity index (χ2n) is 6.81. The number of ether oxygens (including phenoxy) is 1. The van der Waals surface area contributed by atoms with Gasteiger partial charge in [-0.3, -0.25) is 20.6 Å². The van der Waals surface area contributed by atoms with Gasteiger partial charge in [-0.25, -0.2) is 4.98 Å². The van der Waals surface area contributed by atoms with Crippen molar-refractivity contribution in [3.8, 4) is 5.88 Å². The highest BCUT2D eigenvalue weighted by atomic mass is 16.5. The van der Waals surface area contributed by atoms with E-state index in [4.69, 9.17) is 15.6 Å². The number of nitrogens with zero attached hydrogens (tertiary/aromatic N) is 4. The smallest absolute Gasteiger partial charge is 0.325 e. The second-order valence-corrected chi connectivity index (χ2v) is 6.81. The van der Waals surface area contributed by atoms with Crippen molar-refractivity contribution >= 4 is 24.1 Å². The van der Waals surface area contributed by atoms with E-state index in [2.05, 4.69) is 44.7 Å². The second kappa shape index (κ2) is 10.7. The number of hydrazone groups is 1. The Kier molecular flexibility index (Phi) is 7.46. The van der Waals surface area contributed by atoms with E-state index in [1.807, 2.05) is 18.3 Å². The zero-order valence-electron chi connectivity index (χ0n) is 17.7. The number of aliphatic carboxylic acids is 1. The largest absolute Gasteiger partial charge is 0.480 e. The molecule has 32 heavy (non-hydrogen) atoms. The van der Waals surface area contributed by atoms with Crippen molar-refractivity contribution in [1.82, 2.24) is 21.1 Å². The van der Waals surface area contributed by atoms with Crippen molar-refractivity contribution in [1.29, 1.82) is 0 Å². The number of anilines is 1. The Labute approximate surface area is 185 Å². The lowest BCUT2D eigenvalue weighted by Gasteiger charge is -2.26. The summed E-state index contributed by atoms with van der Waals surface area (Å²) in [5, 5.41) is 17.6. The van der Waals surface area contributed by atoms with Crippen LogP contribution in [0.15, 0.2) is 64.3 Å². The molecule has 6 N–H and O–H groups in total. The summed E-state index contributed by atoms with van der Waals surface area (Å²) in [4.78, 5) is 18.7. The number of carbonyl (C=O) groups is 1. The Hall–Kier alpha value is -4.28. The number of rotatable bonds is 9. The third-order valence-corrected chi connectivity index (χ3v) is 4.61. The molecule has 0 aromatic carbocycles. The van der Waals surface area contributed by atoms with Gasteiger partial charge in [-0.05, 0) is 30.5 Å². The fourth-order valence-corrected chi connectivity index (χ4v) is 2.98. The average Bonchev–Trinajstić information content (AvgIpc) is 2.80. The highest BCUT2D eigenvalue weighted by molar-refractivity contribution is 5.84. The molecule has 2 aliphatic heterocycles. The Balaban J connectivity index is 1.63. The molecule has 0 amide bonds. The van der Waals surface area contributed by atoms with Crippen LogP contribution in [0.1, 0.15) is 11.1 Å². The zero-order chi connectivity index (χ0) is 22.9. The minimum absolute atomic E-state index is 0.356. The summed E-state index contributed by atoms with van der Waals surface area (Å²) in [5.74, 6) is -0.390. The van der Waals surface area contributed by atoms with Crippen molar-refractivity contribution in [3.05, 3.63) is 65.3 Å². The fraction of sp³-hybridized carbons (Fsp3) is 0.238. The summed E-state index contributed by atoms with van der Waals surface area (Å²) in [7, 11) is 0. The van der Waals surface area contributed by atoms with Crippen molar-refractivity contribution < 1.29 is 14.6 Å². The van der Waals surface area contributed by atoms with Crippen LogP contribution in [-0.2, 0) is 11.2 Å². The SMILES string of the molecule is C=CC1=C(/C=C\Cc2cnc3c(c2C)NCCO3)C=NN(N/C(C=NCC(=O)O)=C/N)N1. The first-order valence-corrected chi connectivity index (χ1v) is 9.91. The summed E-state index contributed by atoms with van der Waals surface area (Å²) in [6.45, 7) is 6.91. The quantitative estimate of drug-likeness (QED) is 0.356. The number of nitrogens with two attached hydrogens (primary N) is 1. The molecule has 0 aliphatic carbocycles. The molecule has 11 nitrogen and oxygen atoms in total. The first-order chi connectivity index (χ1) is 15.5. The number of carboxylic acid groups (broad SMARTS) is 1. The maximum atomic E-state index is 10.6. The van der Waals surface area contributed by atoms with Gasteiger partial charge >= 0.3 is 5.97 Å². The number of carboxylic acids is 1. The Morgan fingerprint density at radius 1 is 1.53 bits per heavy atom. The number of allylic oxidation sites excluding steroid dienone is 5. The third kappa shape index (κ3) is 5.65. The summed E-state index contributed by atoms with van der Waals surface area (Å²) in [5.41, 5.74) is 16.5. The normalized spacial score (nSPS) is 15.9. The number of hydrogen-bond acceptors (Lipinski definition) is 10. The zero-order valence-corrected chi connectivity index (χ0v) is 17.7. The van der Waals surface area contributed by atoms with Crippen molar-refractivity contribution in [2.45, 2.75) is 13.3 Å². The summed E-state index contributed by atoms with van der Waals surface area (Å²) >= 11 is 0. The number of hydrazine groups is 2. The molecule has 1 aromatic heterocycles. The van der Waals surface area contributed by atoms with Crippen molar-refractivity contribution in [2.24, 2.45) is 15.8 Å². The molecule has 2 aliphatic rings. The maximum Gasteiger partial charge on any atom is 0.325 e. The minimum atomic E-state index is -1.04. The van der Waals surface area contributed by atoms with Gasteiger partial charge in [0.25, 0.3) is 0 Å². The lowest BCUT2D eigenvalue weighted by atomic mass is 10.1. The summed E-state index contributed by atoms with van der Waals surface area (Å²) < 4.78 is 5.57. The number of pyridine rings is 1. The van der Waals surface area contributed by atoms with Gasteiger partial charge in [-0.2, -0.15) is 0 Å². The highest BCUT2D eigenvalue weighted by Crippen LogP contribution is 2.30. The molecule has 0 fully saturated rings. The standard InChI is InChI=1S/C21H26N8O3/c1-3-18-16(11-26-29(28-18)27-17(9-22)12-23-13-19(30)31)6-4-5-15-10-25-21-20(14(15)2)24-7-8-32-21/h3-4,6,9-12,24,27-28H,1,5,7-8,13,22H2,2H3,(H,30,31)/b6-4-,17-9+,23-12?. The van der Waals surface area contributed by atoms with E-state index < -0.39 is 5.97 Å². The van der Waals surface area contributed by atoms with E-state index in [0.29, 0.717) is 24.6 Å². The fourth-order valence-electron chi connectivity index (χ4n) is 2.98. The maximum absolute atomic E-state index is 10.6. The van der Waals surface area contributed by atoms with Crippen molar-refractivity contribution in [3.63, 3.8) is 0 Å². The highest BCUT2D eigenvalue weighted by Gasteiger charge is 2.16. The van der Waals surface area contributed by atoms with Crippen molar-refractivity contribution in [2.75, 3.05) is 25.0 Å². The molecule has 0 radical (unpaired) electrons. The van der Waals surface area contributed by atoms with E-state index in [1.165, 1.54) is 17.6 Å². The summed E-state index contributed by atoms with van der Waals surface area (Å²) in [6, 6.07) is 0. The van der Waals surface area contributed by atoms with Crippen LogP contribution in [-0.4, -0.2) is 53.4 Å². The molecule has 0 bridgehead atoms. The van der Waals surface area contributed by atoms with Gasteiger partial charge in [-0.15, -0.1) is 10.3 Å². The van der Waals surface area contributed by atoms with Gasteiger partial charge in [0.2, 0.25) is 5.88 Å². The molecule has 0 saturated carbocycles. The van der Waals surface area contributed by atoms with E-state index >= 15 is 0 Å². The Morgan fingerprint density at radius 2 is 2.38 bits per heavy atom. The van der Waals surface area contributed by atoms with Gasteiger partial charge in [0.05, 0.1) is 17.6 Å². The molecular weight excluding hydrogens is 412 g/mol. The van der Waals surface area contributed by atoms with Gasteiger partial charge < -0.3 is 20.9 Å². The molecule has 11 heteroatoms. The van der Waals surface area contributed by atoms with Gasteiger partial charge in [0.1, 0.15) is 18.8 Å². The van der Waals surface area contributed by atoms with Crippen LogP contribution in [0.2, 0.25) is 0 Å². The van der Waals surface area contributed by atoms with E-state index in [-0.39, 0.29) is 6.54 Å². The first kappa shape index (κ1) is 22.4. The Morgan fingerprint density at radius 3 is 3.12 bits per heavy atom. The lowest BCUT2D eigenvalue weighted by molar-refractivity contribution is -0.135. The minimum Gasteiger partial charge on any atom is -0.480 e. The molecule has 3 heterocycles. The number of aliphatic imine (C=N–C) groups is 1.